The molecule has 1 aromatic carbocycles. The summed E-state index contributed by atoms with van der Waals surface area (Å²) in [4.78, 5) is 13.9. The van der Waals surface area contributed by atoms with Crippen LogP contribution in [0.4, 0.5) is 5.82 Å². The molecule has 174 valence electrons. The number of rotatable bonds is 5. The number of halogens is 1. The Morgan fingerprint density at radius 2 is 1.75 bits per heavy atom. The quantitative estimate of drug-likeness (QED) is 0.337. The van der Waals surface area contributed by atoms with E-state index in [4.69, 9.17) is 9.72 Å². The Labute approximate surface area is 209 Å². The molecule has 0 spiro atoms. The minimum absolute atomic E-state index is 0. The fourth-order valence-corrected chi connectivity index (χ4v) is 4.34. The van der Waals surface area contributed by atoms with Crippen LogP contribution in [-0.4, -0.2) is 55.2 Å². The molecule has 6 nitrogen and oxygen atoms in total. The van der Waals surface area contributed by atoms with Crippen LogP contribution in [0.2, 0.25) is 0 Å². The van der Waals surface area contributed by atoms with Crippen molar-refractivity contribution in [3.63, 3.8) is 0 Å². The lowest BCUT2D eigenvalue weighted by Gasteiger charge is -2.34. The van der Waals surface area contributed by atoms with Crippen molar-refractivity contribution in [3.05, 3.63) is 54.2 Å². The lowest BCUT2D eigenvalue weighted by Crippen LogP contribution is -2.47. The molecule has 2 aromatic rings. The number of pyridine rings is 1. The van der Waals surface area contributed by atoms with Crippen LogP contribution in [0.25, 0.3) is 0 Å². The molecule has 0 atom stereocenters. The molecule has 2 aliphatic rings. The normalized spacial score (nSPS) is 18.2. The Morgan fingerprint density at radius 3 is 2.38 bits per heavy atom. The highest BCUT2D eigenvalue weighted by molar-refractivity contribution is 14.0. The molecule has 4 rings (SSSR count). The van der Waals surface area contributed by atoms with Gasteiger partial charge in [-0.1, -0.05) is 31.2 Å². The molecule has 7 heteroatoms. The number of nitrogens with one attached hydrogen (secondary N) is 1. The molecule has 3 heterocycles. The molecule has 0 unspecified atom stereocenters. The van der Waals surface area contributed by atoms with Crippen LogP contribution in [-0.2, 0) is 6.54 Å². The van der Waals surface area contributed by atoms with Gasteiger partial charge in [0.05, 0.1) is 0 Å². The first-order chi connectivity index (χ1) is 15.2. The summed E-state index contributed by atoms with van der Waals surface area (Å²) in [6, 6.07) is 14.4. The second-order valence-electron chi connectivity index (χ2n) is 8.71. The Morgan fingerprint density at radius 1 is 1.03 bits per heavy atom. The average Bonchev–Trinajstić information content (AvgIpc) is 2.82. The zero-order valence-corrected chi connectivity index (χ0v) is 21.6. The van der Waals surface area contributed by atoms with Gasteiger partial charge in [-0.25, -0.2) is 4.98 Å². The summed E-state index contributed by atoms with van der Waals surface area (Å²) in [7, 11) is 1.85. The number of nitrogens with zero attached hydrogens (tertiary/aromatic N) is 4. The van der Waals surface area contributed by atoms with Gasteiger partial charge in [-0.15, -0.1) is 24.0 Å². The number of hydrogen-bond acceptors (Lipinski definition) is 4. The number of likely N-dealkylation sites (tertiary alicyclic amines) is 1. The smallest absolute Gasteiger partial charge is 0.193 e. The van der Waals surface area contributed by atoms with Gasteiger partial charge in [0.1, 0.15) is 17.7 Å². The summed E-state index contributed by atoms with van der Waals surface area (Å²) in [6.45, 7) is 7.19. The first kappa shape index (κ1) is 24.6. The Hall–Kier alpha value is -2.03. The number of benzene rings is 1. The molecule has 1 aromatic heterocycles. The van der Waals surface area contributed by atoms with Crippen molar-refractivity contribution in [3.8, 4) is 5.75 Å². The third-order valence-electron chi connectivity index (χ3n) is 6.37. The van der Waals surface area contributed by atoms with E-state index in [-0.39, 0.29) is 30.1 Å². The van der Waals surface area contributed by atoms with Crippen molar-refractivity contribution >= 4 is 35.8 Å². The molecule has 0 aliphatic carbocycles. The van der Waals surface area contributed by atoms with E-state index in [1.165, 1.54) is 18.4 Å². The lowest BCUT2D eigenvalue weighted by molar-refractivity contribution is 0.129. The Kier molecular flexibility index (Phi) is 9.44. The monoisotopic (exact) mass is 549 g/mol. The lowest BCUT2D eigenvalue weighted by atomic mass is 9.99. The number of ether oxygens (including phenoxy) is 1. The highest BCUT2D eigenvalue weighted by atomic mass is 127. The van der Waals surface area contributed by atoms with Crippen LogP contribution >= 0.6 is 24.0 Å². The number of aliphatic imine (C=N–C) groups is 1. The largest absolute Gasteiger partial charge is 0.490 e. The van der Waals surface area contributed by atoms with Gasteiger partial charge in [0.2, 0.25) is 0 Å². The van der Waals surface area contributed by atoms with Gasteiger partial charge in [-0.05, 0) is 42.5 Å². The van der Waals surface area contributed by atoms with E-state index in [0.29, 0.717) is 0 Å². The molecule has 0 amide bonds. The minimum Gasteiger partial charge on any atom is -0.490 e. The van der Waals surface area contributed by atoms with Crippen molar-refractivity contribution in [2.75, 3.05) is 38.1 Å². The Balaban J connectivity index is 0.00000289. The number of anilines is 1. The molecule has 2 fully saturated rings. The van der Waals surface area contributed by atoms with E-state index in [1.54, 1.807) is 0 Å². The van der Waals surface area contributed by atoms with Gasteiger partial charge in [-0.2, -0.15) is 0 Å². The third-order valence-corrected chi connectivity index (χ3v) is 6.37. The number of guanidine groups is 1. The standard InChI is InChI=1S/C25H35N5O.HI/c1-20-10-14-29(15-11-20)24-9-8-21(18-27-24)19-28-25(26-2)30-16-12-23(13-17-30)31-22-6-4-3-5-7-22;/h3-9,18,20,23H,10-17,19H2,1-2H3,(H,26,28);1H. The topological polar surface area (TPSA) is 53.0 Å². The van der Waals surface area contributed by atoms with Crippen LogP contribution in [0.1, 0.15) is 38.2 Å². The molecule has 0 saturated carbocycles. The minimum atomic E-state index is 0. The van der Waals surface area contributed by atoms with Crippen LogP contribution in [0, 0.1) is 5.92 Å². The molecular weight excluding hydrogens is 513 g/mol. The van der Waals surface area contributed by atoms with Gasteiger partial charge >= 0.3 is 0 Å². The predicted octanol–water partition coefficient (Wildman–Crippen LogP) is 4.55. The summed E-state index contributed by atoms with van der Waals surface area (Å²) < 4.78 is 6.11. The Bertz CT molecular complexity index is 829. The van der Waals surface area contributed by atoms with Crippen molar-refractivity contribution in [1.82, 2.24) is 15.2 Å². The number of hydrogen-bond donors (Lipinski definition) is 1. The maximum Gasteiger partial charge on any atom is 0.193 e. The molecule has 1 N–H and O–H groups in total. The van der Waals surface area contributed by atoms with Crippen molar-refractivity contribution in [2.24, 2.45) is 10.9 Å². The second kappa shape index (κ2) is 12.3. The van der Waals surface area contributed by atoms with Gasteiger partial charge in [0.15, 0.2) is 5.96 Å². The van der Waals surface area contributed by atoms with Gasteiger partial charge in [0.25, 0.3) is 0 Å². The van der Waals surface area contributed by atoms with E-state index in [0.717, 1.165) is 69.0 Å². The molecular formula is C25H36IN5O. The van der Waals surface area contributed by atoms with Crippen molar-refractivity contribution in [2.45, 2.75) is 45.3 Å². The zero-order valence-electron chi connectivity index (χ0n) is 19.2. The number of aromatic nitrogens is 1. The average molecular weight is 550 g/mol. The summed E-state index contributed by atoms with van der Waals surface area (Å²) in [6.07, 6.45) is 6.78. The summed E-state index contributed by atoms with van der Waals surface area (Å²) >= 11 is 0. The fraction of sp³-hybridized carbons (Fsp3) is 0.520. The van der Waals surface area contributed by atoms with Crippen LogP contribution < -0.4 is 15.0 Å². The van der Waals surface area contributed by atoms with E-state index >= 15 is 0 Å². The van der Waals surface area contributed by atoms with Crippen LogP contribution in [0.5, 0.6) is 5.75 Å². The first-order valence-electron chi connectivity index (χ1n) is 11.6. The van der Waals surface area contributed by atoms with Gasteiger partial charge < -0.3 is 19.9 Å². The maximum atomic E-state index is 6.11. The molecule has 32 heavy (non-hydrogen) atoms. The predicted molar refractivity (Wildman–Crippen MR) is 142 cm³/mol. The van der Waals surface area contributed by atoms with Crippen molar-refractivity contribution in [1.29, 1.82) is 0 Å². The van der Waals surface area contributed by atoms with E-state index in [2.05, 4.69) is 39.2 Å². The second-order valence-corrected chi connectivity index (χ2v) is 8.71. The van der Waals surface area contributed by atoms with E-state index in [1.807, 2.05) is 43.6 Å². The highest BCUT2D eigenvalue weighted by Crippen LogP contribution is 2.21. The third kappa shape index (κ3) is 6.73. The maximum absolute atomic E-state index is 6.11. The SMILES string of the molecule is CN=C(NCc1ccc(N2CCC(C)CC2)nc1)N1CCC(Oc2ccccc2)CC1.I. The molecule has 2 aliphatic heterocycles. The van der Waals surface area contributed by atoms with E-state index < -0.39 is 0 Å². The highest BCUT2D eigenvalue weighted by Gasteiger charge is 2.23. The van der Waals surface area contributed by atoms with Crippen molar-refractivity contribution < 1.29 is 4.74 Å². The van der Waals surface area contributed by atoms with Crippen LogP contribution in [0.3, 0.4) is 0 Å². The summed E-state index contributed by atoms with van der Waals surface area (Å²) in [5.74, 6) is 3.84. The van der Waals surface area contributed by atoms with Gasteiger partial charge in [0, 0.05) is 58.8 Å². The number of piperidine rings is 2. The molecule has 0 radical (unpaired) electrons. The zero-order chi connectivity index (χ0) is 21.5. The fourth-order valence-electron chi connectivity index (χ4n) is 4.34. The number of para-hydroxylation sites is 1. The van der Waals surface area contributed by atoms with E-state index in [9.17, 15) is 0 Å². The molecule has 0 bridgehead atoms. The summed E-state index contributed by atoms with van der Waals surface area (Å²) in [5, 5.41) is 3.51. The molecule has 2 saturated heterocycles. The first-order valence-corrected chi connectivity index (χ1v) is 11.6. The van der Waals surface area contributed by atoms with Crippen LogP contribution in [0.15, 0.2) is 53.7 Å². The summed E-state index contributed by atoms with van der Waals surface area (Å²) in [5.41, 5.74) is 1.18. The van der Waals surface area contributed by atoms with Gasteiger partial charge in [-0.3, -0.25) is 4.99 Å².